The maximum Gasteiger partial charge on any atom is 0.335 e. The van der Waals surface area contributed by atoms with E-state index in [0.717, 1.165) is 12.5 Å². The standard InChI is InChI=1S/C13H18BrNO5S/c1-2-7-20-8-3-6-15-21(18,19)12-9-10(13(16)17)4-5-11(12)14/h4-5,9,15H,2-3,6-8H2,1H3,(H,16,17). The summed E-state index contributed by atoms with van der Waals surface area (Å²) in [6.07, 6.45) is 1.47. The summed E-state index contributed by atoms with van der Waals surface area (Å²) in [5.41, 5.74) is -0.0788. The molecule has 0 bridgehead atoms. The molecule has 0 unspecified atom stereocenters. The Kier molecular flexibility index (Phi) is 7.30. The van der Waals surface area contributed by atoms with Gasteiger partial charge in [-0.2, -0.15) is 0 Å². The Morgan fingerprint density at radius 3 is 2.71 bits per heavy atom. The first-order chi connectivity index (χ1) is 9.88. The van der Waals surface area contributed by atoms with E-state index in [1.807, 2.05) is 6.92 Å². The van der Waals surface area contributed by atoms with Crippen molar-refractivity contribution in [3.8, 4) is 0 Å². The van der Waals surface area contributed by atoms with E-state index in [1.54, 1.807) is 0 Å². The first kappa shape index (κ1) is 18.1. The van der Waals surface area contributed by atoms with E-state index in [2.05, 4.69) is 20.7 Å². The predicted octanol–water partition coefficient (Wildman–Crippen LogP) is 2.24. The summed E-state index contributed by atoms with van der Waals surface area (Å²) in [7, 11) is -3.76. The molecule has 8 heteroatoms. The van der Waals surface area contributed by atoms with Gasteiger partial charge in [0.05, 0.1) is 10.5 Å². The Balaban J connectivity index is 2.70. The van der Waals surface area contributed by atoms with Crippen LogP contribution in [0.4, 0.5) is 0 Å². The number of sulfonamides is 1. The molecule has 0 spiro atoms. The number of ether oxygens (including phenoxy) is 1. The molecule has 1 aromatic rings. The van der Waals surface area contributed by atoms with Crippen molar-refractivity contribution in [3.05, 3.63) is 28.2 Å². The van der Waals surface area contributed by atoms with Crippen LogP contribution in [-0.2, 0) is 14.8 Å². The number of carbonyl (C=O) groups is 1. The minimum absolute atomic E-state index is 0.0788. The van der Waals surface area contributed by atoms with Crippen LogP contribution in [0.15, 0.2) is 27.6 Å². The van der Waals surface area contributed by atoms with Crippen LogP contribution in [0.5, 0.6) is 0 Å². The van der Waals surface area contributed by atoms with Crippen molar-refractivity contribution in [1.82, 2.24) is 4.72 Å². The first-order valence-corrected chi connectivity index (χ1v) is 8.76. The van der Waals surface area contributed by atoms with Crippen molar-refractivity contribution in [3.63, 3.8) is 0 Å². The second kappa shape index (κ2) is 8.47. The van der Waals surface area contributed by atoms with Gasteiger partial charge in [0, 0.05) is 24.2 Å². The third-order valence-corrected chi connectivity index (χ3v) is 5.03. The van der Waals surface area contributed by atoms with Gasteiger partial charge in [-0.25, -0.2) is 17.9 Å². The highest BCUT2D eigenvalue weighted by atomic mass is 79.9. The van der Waals surface area contributed by atoms with Gasteiger partial charge in [-0.05, 0) is 47.0 Å². The van der Waals surface area contributed by atoms with Crippen LogP contribution in [0.3, 0.4) is 0 Å². The van der Waals surface area contributed by atoms with Gasteiger partial charge in [0.1, 0.15) is 0 Å². The summed E-state index contributed by atoms with van der Waals surface area (Å²) in [4.78, 5) is 10.8. The highest BCUT2D eigenvalue weighted by molar-refractivity contribution is 9.10. The molecule has 0 atom stereocenters. The van der Waals surface area contributed by atoms with Crippen LogP contribution in [0.1, 0.15) is 30.1 Å². The zero-order chi connectivity index (χ0) is 15.9. The van der Waals surface area contributed by atoms with Gasteiger partial charge in [0.25, 0.3) is 0 Å². The minimum Gasteiger partial charge on any atom is -0.478 e. The maximum atomic E-state index is 12.1. The van der Waals surface area contributed by atoms with E-state index in [1.165, 1.54) is 12.1 Å². The van der Waals surface area contributed by atoms with Gasteiger partial charge in [-0.15, -0.1) is 0 Å². The van der Waals surface area contributed by atoms with Gasteiger partial charge >= 0.3 is 5.97 Å². The molecule has 0 aliphatic rings. The molecule has 1 aromatic carbocycles. The molecule has 0 aromatic heterocycles. The lowest BCUT2D eigenvalue weighted by Crippen LogP contribution is -2.26. The van der Waals surface area contributed by atoms with Crippen molar-refractivity contribution in [1.29, 1.82) is 0 Å². The molecule has 0 saturated heterocycles. The number of rotatable bonds is 9. The van der Waals surface area contributed by atoms with E-state index in [4.69, 9.17) is 9.84 Å². The van der Waals surface area contributed by atoms with Crippen molar-refractivity contribution in [2.45, 2.75) is 24.7 Å². The molecule has 21 heavy (non-hydrogen) atoms. The molecule has 0 aliphatic carbocycles. The van der Waals surface area contributed by atoms with Crippen LogP contribution in [0.25, 0.3) is 0 Å². The second-order valence-electron chi connectivity index (χ2n) is 4.31. The van der Waals surface area contributed by atoms with Gasteiger partial charge < -0.3 is 9.84 Å². The quantitative estimate of drug-likeness (QED) is 0.641. The molecule has 0 saturated carbocycles. The molecule has 0 fully saturated rings. The average Bonchev–Trinajstić information content (AvgIpc) is 2.42. The van der Waals surface area contributed by atoms with Crippen molar-refractivity contribution < 1.29 is 23.1 Å². The summed E-state index contributed by atoms with van der Waals surface area (Å²) in [5, 5.41) is 8.92. The molecular weight excluding hydrogens is 362 g/mol. The average molecular weight is 380 g/mol. The number of benzene rings is 1. The Labute approximate surface area is 132 Å². The number of nitrogens with one attached hydrogen (secondary N) is 1. The number of hydrogen-bond donors (Lipinski definition) is 2. The second-order valence-corrected chi connectivity index (χ2v) is 6.90. The van der Waals surface area contributed by atoms with Crippen LogP contribution in [0.2, 0.25) is 0 Å². The Hall–Kier alpha value is -0.960. The number of hydrogen-bond acceptors (Lipinski definition) is 4. The molecule has 6 nitrogen and oxygen atoms in total. The van der Waals surface area contributed by atoms with Crippen LogP contribution >= 0.6 is 15.9 Å². The van der Waals surface area contributed by atoms with Gasteiger partial charge in [0.2, 0.25) is 10.0 Å². The fourth-order valence-electron chi connectivity index (χ4n) is 1.55. The highest BCUT2D eigenvalue weighted by Crippen LogP contribution is 2.23. The summed E-state index contributed by atoms with van der Waals surface area (Å²) in [6.45, 7) is 3.36. The topological polar surface area (TPSA) is 92.7 Å². The number of carboxylic acid groups (broad SMARTS) is 1. The highest BCUT2D eigenvalue weighted by Gasteiger charge is 2.19. The van der Waals surface area contributed by atoms with Gasteiger partial charge in [-0.1, -0.05) is 6.92 Å². The Bertz CT molecular complexity index is 588. The maximum absolute atomic E-state index is 12.1. The molecule has 0 heterocycles. The van der Waals surface area contributed by atoms with E-state index in [-0.39, 0.29) is 17.0 Å². The lowest BCUT2D eigenvalue weighted by Gasteiger charge is -2.09. The summed E-state index contributed by atoms with van der Waals surface area (Å²) in [6, 6.07) is 3.87. The monoisotopic (exact) mass is 379 g/mol. The smallest absolute Gasteiger partial charge is 0.335 e. The number of aromatic carboxylic acids is 1. The molecule has 1 rings (SSSR count). The zero-order valence-electron chi connectivity index (χ0n) is 11.6. The molecular formula is C13H18BrNO5S. The summed E-state index contributed by atoms with van der Waals surface area (Å²) >= 11 is 3.12. The van der Waals surface area contributed by atoms with E-state index in [0.29, 0.717) is 24.1 Å². The third-order valence-electron chi connectivity index (χ3n) is 2.57. The van der Waals surface area contributed by atoms with E-state index < -0.39 is 16.0 Å². The lowest BCUT2D eigenvalue weighted by atomic mass is 10.2. The summed E-state index contributed by atoms with van der Waals surface area (Å²) < 4.78 is 32.3. The normalized spacial score (nSPS) is 11.5. The SMILES string of the molecule is CCCOCCCNS(=O)(=O)c1cc(C(=O)O)ccc1Br. The Morgan fingerprint density at radius 1 is 1.38 bits per heavy atom. The number of halogens is 1. The molecule has 118 valence electrons. The lowest BCUT2D eigenvalue weighted by molar-refractivity contribution is 0.0696. The first-order valence-electron chi connectivity index (χ1n) is 6.48. The summed E-state index contributed by atoms with van der Waals surface area (Å²) in [5.74, 6) is -1.17. The van der Waals surface area contributed by atoms with Crippen LogP contribution < -0.4 is 4.72 Å². The van der Waals surface area contributed by atoms with Gasteiger partial charge in [-0.3, -0.25) is 0 Å². The minimum atomic E-state index is -3.76. The largest absolute Gasteiger partial charge is 0.478 e. The van der Waals surface area contributed by atoms with Gasteiger partial charge in [0.15, 0.2) is 0 Å². The van der Waals surface area contributed by atoms with Crippen molar-refractivity contribution in [2.24, 2.45) is 0 Å². The molecule has 2 N–H and O–H groups in total. The fourth-order valence-corrected chi connectivity index (χ4v) is 3.61. The van der Waals surface area contributed by atoms with E-state index in [9.17, 15) is 13.2 Å². The van der Waals surface area contributed by atoms with Crippen LogP contribution in [0, 0.1) is 0 Å². The number of carboxylic acids is 1. The van der Waals surface area contributed by atoms with Crippen molar-refractivity contribution >= 4 is 31.9 Å². The molecule has 0 aliphatic heterocycles. The Morgan fingerprint density at radius 2 is 2.10 bits per heavy atom. The zero-order valence-corrected chi connectivity index (χ0v) is 14.0. The predicted molar refractivity (Wildman–Crippen MR) is 82.0 cm³/mol. The molecule has 0 amide bonds. The van der Waals surface area contributed by atoms with Crippen LogP contribution in [-0.4, -0.2) is 39.3 Å². The fraction of sp³-hybridized carbons (Fsp3) is 0.462. The van der Waals surface area contributed by atoms with E-state index >= 15 is 0 Å². The third kappa shape index (κ3) is 5.74. The van der Waals surface area contributed by atoms with Crippen molar-refractivity contribution in [2.75, 3.05) is 19.8 Å². The molecule has 0 radical (unpaired) electrons.